The Hall–Kier alpha value is -1.59. The van der Waals surface area contributed by atoms with E-state index in [1.54, 1.807) is 7.11 Å². The van der Waals surface area contributed by atoms with Gasteiger partial charge in [-0.3, -0.25) is 0 Å². The molecule has 20 heavy (non-hydrogen) atoms. The number of hydrogen-bond donors (Lipinski definition) is 1. The van der Waals surface area contributed by atoms with Crippen molar-refractivity contribution in [2.24, 2.45) is 5.73 Å². The lowest BCUT2D eigenvalue weighted by Crippen LogP contribution is -2.44. The second-order valence-electron chi connectivity index (χ2n) is 5.01. The molecule has 0 atom stereocenters. The van der Waals surface area contributed by atoms with Gasteiger partial charge in [0.15, 0.2) is 5.82 Å². The summed E-state index contributed by atoms with van der Waals surface area (Å²) in [7, 11) is 1.65. The predicted molar refractivity (Wildman–Crippen MR) is 77.1 cm³/mol. The van der Waals surface area contributed by atoms with Crippen LogP contribution in [-0.2, 0) is 12.0 Å². The Morgan fingerprint density at radius 2 is 2.10 bits per heavy atom. The smallest absolute Gasteiger partial charge is 0.231 e. The van der Waals surface area contributed by atoms with Gasteiger partial charge in [-0.2, -0.15) is 4.98 Å². The number of rotatable bonds is 4. The van der Waals surface area contributed by atoms with Gasteiger partial charge in [0.25, 0.3) is 0 Å². The molecule has 0 spiro atoms. The van der Waals surface area contributed by atoms with E-state index in [-0.39, 0.29) is 17.9 Å². The Morgan fingerprint density at radius 3 is 2.75 bits per heavy atom. The summed E-state index contributed by atoms with van der Waals surface area (Å²) in [6, 6.07) is 7.81. The lowest BCUT2D eigenvalue weighted by Gasteiger charge is -2.34. The summed E-state index contributed by atoms with van der Waals surface area (Å²) in [5.41, 5.74) is 6.83. The summed E-state index contributed by atoms with van der Waals surface area (Å²) in [5, 5.41) is 4.01. The molecule has 2 aromatic rings. The first-order chi connectivity index (χ1) is 9.21. The standard InChI is InChI=1S/C14H17N3O2.ClH/c1-18-11-6-3-2-5-10(11)9-12-16-13(17-19-12)14(15)7-4-8-14;/h2-3,5-6H,4,7-9,15H2,1H3;1H. The minimum absolute atomic E-state index is 0. The number of halogens is 1. The van der Waals surface area contributed by atoms with Crippen molar-refractivity contribution < 1.29 is 9.26 Å². The Morgan fingerprint density at radius 1 is 1.35 bits per heavy atom. The summed E-state index contributed by atoms with van der Waals surface area (Å²) in [4.78, 5) is 4.42. The van der Waals surface area contributed by atoms with E-state index in [4.69, 9.17) is 15.0 Å². The van der Waals surface area contributed by atoms with Gasteiger partial charge in [0.1, 0.15) is 5.75 Å². The van der Waals surface area contributed by atoms with Crippen LogP contribution in [0.25, 0.3) is 0 Å². The van der Waals surface area contributed by atoms with Crippen LogP contribution in [0.3, 0.4) is 0 Å². The third-order valence-corrected chi connectivity index (χ3v) is 3.69. The van der Waals surface area contributed by atoms with Gasteiger partial charge in [-0.15, -0.1) is 12.4 Å². The van der Waals surface area contributed by atoms with Gasteiger partial charge in [0, 0.05) is 5.56 Å². The third-order valence-electron chi connectivity index (χ3n) is 3.69. The monoisotopic (exact) mass is 295 g/mol. The van der Waals surface area contributed by atoms with Crippen LogP contribution < -0.4 is 10.5 Å². The molecule has 1 aromatic heterocycles. The SMILES string of the molecule is COc1ccccc1Cc1nc(C2(N)CCC2)no1.Cl. The average molecular weight is 296 g/mol. The average Bonchev–Trinajstić information content (AvgIpc) is 2.85. The van der Waals surface area contributed by atoms with Crippen molar-refractivity contribution in [3.8, 4) is 5.75 Å². The van der Waals surface area contributed by atoms with E-state index in [1.807, 2.05) is 24.3 Å². The summed E-state index contributed by atoms with van der Waals surface area (Å²) < 4.78 is 10.6. The molecular formula is C14H18ClN3O2. The second-order valence-corrected chi connectivity index (χ2v) is 5.01. The van der Waals surface area contributed by atoms with Crippen molar-refractivity contribution in [2.75, 3.05) is 7.11 Å². The van der Waals surface area contributed by atoms with E-state index in [0.29, 0.717) is 18.1 Å². The molecule has 2 N–H and O–H groups in total. The van der Waals surface area contributed by atoms with E-state index < -0.39 is 0 Å². The highest BCUT2D eigenvalue weighted by Crippen LogP contribution is 2.37. The van der Waals surface area contributed by atoms with Gasteiger partial charge < -0.3 is 15.0 Å². The number of methoxy groups -OCH3 is 1. The van der Waals surface area contributed by atoms with Crippen LogP contribution in [0.15, 0.2) is 28.8 Å². The maximum absolute atomic E-state index is 6.18. The third kappa shape index (κ3) is 2.64. The van der Waals surface area contributed by atoms with Crippen LogP contribution >= 0.6 is 12.4 Å². The topological polar surface area (TPSA) is 74.2 Å². The Bertz CT molecular complexity index is 581. The fourth-order valence-electron chi connectivity index (χ4n) is 2.32. The van der Waals surface area contributed by atoms with Crippen molar-refractivity contribution in [1.29, 1.82) is 0 Å². The molecule has 0 saturated heterocycles. The first-order valence-corrected chi connectivity index (χ1v) is 6.45. The quantitative estimate of drug-likeness (QED) is 0.937. The van der Waals surface area contributed by atoms with E-state index in [1.165, 1.54) is 0 Å². The van der Waals surface area contributed by atoms with Crippen LogP contribution in [0.2, 0.25) is 0 Å². The molecule has 0 unspecified atom stereocenters. The largest absolute Gasteiger partial charge is 0.496 e. The van der Waals surface area contributed by atoms with Gasteiger partial charge in [-0.1, -0.05) is 23.4 Å². The lowest BCUT2D eigenvalue weighted by molar-refractivity contribution is 0.229. The van der Waals surface area contributed by atoms with Gasteiger partial charge >= 0.3 is 0 Å². The van der Waals surface area contributed by atoms with Crippen molar-refractivity contribution in [1.82, 2.24) is 10.1 Å². The summed E-state index contributed by atoms with van der Waals surface area (Å²) in [6.07, 6.45) is 3.56. The zero-order valence-electron chi connectivity index (χ0n) is 11.3. The zero-order chi connectivity index (χ0) is 13.3. The molecule has 1 fully saturated rings. The predicted octanol–water partition coefficient (Wildman–Crippen LogP) is 2.43. The van der Waals surface area contributed by atoms with Crippen LogP contribution in [0, 0.1) is 0 Å². The van der Waals surface area contributed by atoms with Crippen molar-refractivity contribution in [3.05, 3.63) is 41.5 Å². The molecule has 1 aromatic carbocycles. The lowest BCUT2D eigenvalue weighted by atomic mass is 9.77. The maximum atomic E-state index is 6.18. The fraction of sp³-hybridized carbons (Fsp3) is 0.429. The van der Waals surface area contributed by atoms with Gasteiger partial charge in [-0.05, 0) is 25.3 Å². The number of hydrogen-bond acceptors (Lipinski definition) is 5. The molecule has 1 aliphatic carbocycles. The van der Waals surface area contributed by atoms with Crippen molar-refractivity contribution >= 4 is 12.4 Å². The minimum atomic E-state index is -0.372. The number of aromatic nitrogens is 2. The summed E-state index contributed by atoms with van der Waals surface area (Å²) in [5.74, 6) is 2.04. The van der Waals surface area contributed by atoms with Crippen LogP contribution in [0.5, 0.6) is 5.75 Å². The van der Waals surface area contributed by atoms with Gasteiger partial charge in [0.05, 0.1) is 19.1 Å². The molecule has 0 amide bonds. The molecule has 108 valence electrons. The van der Waals surface area contributed by atoms with E-state index in [0.717, 1.165) is 30.6 Å². The van der Waals surface area contributed by atoms with Crippen molar-refractivity contribution in [2.45, 2.75) is 31.2 Å². The van der Waals surface area contributed by atoms with Crippen LogP contribution in [-0.4, -0.2) is 17.3 Å². The molecule has 6 heteroatoms. The van der Waals surface area contributed by atoms with Crippen LogP contribution in [0.1, 0.15) is 36.5 Å². The molecule has 0 radical (unpaired) electrons. The van der Waals surface area contributed by atoms with Gasteiger partial charge in [0.2, 0.25) is 5.89 Å². The molecule has 1 saturated carbocycles. The molecule has 3 rings (SSSR count). The van der Waals surface area contributed by atoms with E-state index >= 15 is 0 Å². The Balaban J connectivity index is 0.00000147. The normalized spacial score (nSPS) is 16.1. The fourth-order valence-corrected chi connectivity index (χ4v) is 2.32. The Kier molecular flexibility index (Phi) is 4.30. The first-order valence-electron chi connectivity index (χ1n) is 6.45. The van der Waals surface area contributed by atoms with Crippen LogP contribution in [0.4, 0.5) is 0 Å². The number of nitrogens with two attached hydrogens (primary N) is 1. The zero-order valence-corrected chi connectivity index (χ0v) is 12.2. The van der Waals surface area contributed by atoms with Crippen molar-refractivity contribution in [3.63, 3.8) is 0 Å². The maximum Gasteiger partial charge on any atom is 0.231 e. The molecule has 0 aliphatic heterocycles. The summed E-state index contributed by atoms with van der Waals surface area (Å²) in [6.45, 7) is 0. The molecule has 5 nitrogen and oxygen atoms in total. The Labute approximate surface area is 123 Å². The second kappa shape index (κ2) is 5.81. The minimum Gasteiger partial charge on any atom is -0.496 e. The van der Waals surface area contributed by atoms with Gasteiger partial charge in [-0.25, -0.2) is 0 Å². The number of benzene rings is 1. The molecule has 1 aliphatic rings. The van der Waals surface area contributed by atoms with E-state index in [9.17, 15) is 0 Å². The first kappa shape index (κ1) is 14.8. The number of para-hydroxylation sites is 1. The highest BCUT2D eigenvalue weighted by atomic mass is 35.5. The molecular weight excluding hydrogens is 278 g/mol. The molecule has 0 bridgehead atoms. The summed E-state index contributed by atoms with van der Waals surface area (Å²) >= 11 is 0. The molecule has 1 heterocycles. The van der Waals surface area contributed by atoms with E-state index in [2.05, 4.69) is 10.1 Å². The number of ether oxygens (including phenoxy) is 1. The highest BCUT2D eigenvalue weighted by Gasteiger charge is 2.38. The highest BCUT2D eigenvalue weighted by molar-refractivity contribution is 5.85. The number of nitrogens with zero attached hydrogens (tertiary/aromatic N) is 2.